The van der Waals surface area contributed by atoms with Crippen molar-refractivity contribution in [2.75, 3.05) is 20.6 Å². The molecular weight excluding hydrogens is 276 g/mol. The zero-order valence-corrected chi connectivity index (χ0v) is 12.4. The minimum Gasteiger partial charge on any atom is -0.308 e. The molecule has 0 spiro atoms. The summed E-state index contributed by atoms with van der Waals surface area (Å²) in [5.74, 6) is 5.69. The molecule has 2 heterocycles. The van der Waals surface area contributed by atoms with Crippen molar-refractivity contribution < 1.29 is 0 Å². The van der Waals surface area contributed by atoms with Crippen molar-refractivity contribution in [3.8, 4) is 0 Å². The first-order chi connectivity index (χ1) is 9.63. The largest absolute Gasteiger partial charge is 0.308 e. The Labute approximate surface area is 123 Å². The Morgan fingerprint density at radius 1 is 1.45 bits per heavy atom. The SMILES string of the molecule is CN(C)CCn1ncc(Cl)c1C(NN)c1ccccn1. The number of hydrogen-bond donors (Lipinski definition) is 2. The predicted molar refractivity (Wildman–Crippen MR) is 79.2 cm³/mol. The van der Waals surface area contributed by atoms with E-state index in [0.29, 0.717) is 5.02 Å². The summed E-state index contributed by atoms with van der Waals surface area (Å²) in [5.41, 5.74) is 4.41. The van der Waals surface area contributed by atoms with Crippen LogP contribution in [0.2, 0.25) is 5.02 Å². The Morgan fingerprint density at radius 2 is 2.25 bits per heavy atom. The summed E-state index contributed by atoms with van der Waals surface area (Å²) in [5, 5.41) is 4.90. The molecule has 2 rings (SSSR count). The molecule has 6 nitrogen and oxygen atoms in total. The Hall–Kier alpha value is -1.47. The lowest BCUT2D eigenvalue weighted by molar-refractivity contribution is 0.365. The van der Waals surface area contributed by atoms with Gasteiger partial charge in [-0.05, 0) is 26.2 Å². The van der Waals surface area contributed by atoms with Gasteiger partial charge in [-0.3, -0.25) is 15.5 Å². The summed E-state index contributed by atoms with van der Waals surface area (Å²) in [7, 11) is 4.03. The van der Waals surface area contributed by atoms with E-state index in [1.165, 1.54) is 0 Å². The van der Waals surface area contributed by atoms with Crippen LogP contribution >= 0.6 is 11.6 Å². The molecule has 0 aromatic carbocycles. The summed E-state index contributed by atoms with van der Waals surface area (Å²) in [4.78, 5) is 6.42. The molecule has 0 aliphatic carbocycles. The first-order valence-corrected chi connectivity index (χ1v) is 6.74. The van der Waals surface area contributed by atoms with Gasteiger partial charge in [0, 0.05) is 12.7 Å². The number of likely N-dealkylation sites (N-methyl/N-ethyl adjacent to an activating group) is 1. The maximum Gasteiger partial charge on any atom is 0.106 e. The van der Waals surface area contributed by atoms with Crippen LogP contribution in [0.15, 0.2) is 30.6 Å². The molecular formula is C13H19ClN6. The molecule has 0 aliphatic rings. The molecule has 108 valence electrons. The fourth-order valence-corrected chi connectivity index (χ4v) is 2.23. The third-order valence-electron chi connectivity index (χ3n) is 3.02. The standard InChI is InChI=1S/C13H19ClN6/c1-19(2)7-8-20-13(10(14)9-17-20)12(18-15)11-5-3-4-6-16-11/h3-6,9,12,18H,7-8,15H2,1-2H3. The van der Waals surface area contributed by atoms with Crippen molar-refractivity contribution in [3.63, 3.8) is 0 Å². The van der Waals surface area contributed by atoms with Crippen LogP contribution in [0.1, 0.15) is 17.4 Å². The van der Waals surface area contributed by atoms with E-state index in [-0.39, 0.29) is 6.04 Å². The zero-order valence-electron chi connectivity index (χ0n) is 11.6. The van der Waals surface area contributed by atoms with E-state index in [1.54, 1.807) is 12.4 Å². The van der Waals surface area contributed by atoms with Gasteiger partial charge < -0.3 is 4.90 Å². The highest BCUT2D eigenvalue weighted by Crippen LogP contribution is 2.26. The minimum absolute atomic E-state index is 0.284. The summed E-state index contributed by atoms with van der Waals surface area (Å²) >= 11 is 6.26. The lowest BCUT2D eigenvalue weighted by atomic mass is 10.1. The van der Waals surface area contributed by atoms with Gasteiger partial charge in [-0.2, -0.15) is 5.10 Å². The molecule has 0 bridgehead atoms. The Bertz CT molecular complexity index is 539. The Balaban J connectivity index is 2.32. The number of hydrogen-bond acceptors (Lipinski definition) is 5. The summed E-state index contributed by atoms with van der Waals surface area (Å²) in [6.45, 7) is 1.60. The van der Waals surface area contributed by atoms with E-state index in [4.69, 9.17) is 17.4 Å². The Morgan fingerprint density at radius 3 is 2.85 bits per heavy atom. The average Bonchev–Trinajstić information content (AvgIpc) is 2.80. The van der Waals surface area contributed by atoms with Crippen LogP contribution in [0.25, 0.3) is 0 Å². The molecule has 3 N–H and O–H groups in total. The molecule has 0 aliphatic heterocycles. The van der Waals surface area contributed by atoms with Gasteiger partial charge in [-0.15, -0.1) is 0 Å². The zero-order chi connectivity index (χ0) is 14.5. The molecule has 7 heteroatoms. The molecule has 0 amide bonds. The number of hydrazine groups is 1. The first-order valence-electron chi connectivity index (χ1n) is 6.36. The van der Waals surface area contributed by atoms with Crippen LogP contribution in [0.5, 0.6) is 0 Å². The van der Waals surface area contributed by atoms with Crippen LogP contribution < -0.4 is 11.3 Å². The molecule has 2 aromatic heterocycles. The normalized spacial score (nSPS) is 12.8. The number of nitrogens with zero attached hydrogens (tertiary/aromatic N) is 4. The highest BCUT2D eigenvalue weighted by Gasteiger charge is 2.22. The number of rotatable bonds is 6. The third kappa shape index (κ3) is 3.34. The van der Waals surface area contributed by atoms with Gasteiger partial charge in [-0.25, -0.2) is 5.43 Å². The van der Waals surface area contributed by atoms with Gasteiger partial charge in [0.15, 0.2) is 0 Å². The van der Waals surface area contributed by atoms with E-state index in [9.17, 15) is 0 Å². The second kappa shape index (κ2) is 6.81. The van der Waals surface area contributed by atoms with E-state index in [2.05, 4.69) is 20.4 Å². The average molecular weight is 295 g/mol. The number of aromatic nitrogens is 3. The number of halogens is 1. The lowest BCUT2D eigenvalue weighted by Gasteiger charge is -2.19. The summed E-state index contributed by atoms with van der Waals surface area (Å²) < 4.78 is 1.86. The predicted octanol–water partition coefficient (Wildman–Crippen LogP) is 1.05. The molecule has 20 heavy (non-hydrogen) atoms. The van der Waals surface area contributed by atoms with Crippen LogP contribution in [-0.2, 0) is 6.54 Å². The molecule has 0 fully saturated rings. The maximum absolute atomic E-state index is 6.26. The van der Waals surface area contributed by atoms with Crippen molar-refractivity contribution >= 4 is 11.6 Å². The van der Waals surface area contributed by atoms with Crippen molar-refractivity contribution in [2.24, 2.45) is 5.84 Å². The monoisotopic (exact) mass is 294 g/mol. The van der Waals surface area contributed by atoms with Gasteiger partial charge >= 0.3 is 0 Å². The van der Waals surface area contributed by atoms with Gasteiger partial charge in [-0.1, -0.05) is 17.7 Å². The maximum atomic E-state index is 6.26. The quantitative estimate of drug-likeness (QED) is 0.615. The van der Waals surface area contributed by atoms with E-state index < -0.39 is 0 Å². The molecule has 0 radical (unpaired) electrons. The highest BCUT2D eigenvalue weighted by atomic mass is 35.5. The summed E-state index contributed by atoms with van der Waals surface area (Å²) in [6.07, 6.45) is 3.37. The fourth-order valence-electron chi connectivity index (χ4n) is 1.98. The third-order valence-corrected chi connectivity index (χ3v) is 3.31. The fraction of sp³-hybridized carbons (Fsp3) is 0.385. The van der Waals surface area contributed by atoms with Gasteiger partial charge in [0.05, 0.1) is 29.2 Å². The molecule has 1 unspecified atom stereocenters. The van der Waals surface area contributed by atoms with Gasteiger partial charge in [0.1, 0.15) is 6.04 Å². The van der Waals surface area contributed by atoms with Crippen LogP contribution in [-0.4, -0.2) is 40.3 Å². The smallest absolute Gasteiger partial charge is 0.106 e. The van der Waals surface area contributed by atoms with Crippen molar-refractivity contribution in [1.29, 1.82) is 0 Å². The van der Waals surface area contributed by atoms with E-state index in [0.717, 1.165) is 24.5 Å². The second-order valence-corrected chi connectivity index (χ2v) is 5.17. The number of nitrogens with two attached hydrogens (primary N) is 1. The molecule has 0 saturated carbocycles. The molecule has 0 saturated heterocycles. The number of nitrogens with one attached hydrogen (secondary N) is 1. The van der Waals surface area contributed by atoms with Crippen LogP contribution in [0, 0.1) is 0 Å². The van der Waals surface area contributed by atoms with Gasteiger partial charge in [0.2, 0.25) is 0 Å². The first kappa shape index (κ1) is 14.9. The van der Waals surface area contributed by atoms with Crippen LogP contribution in [0.3, 0.4) is 0 Å². The van der Waals surface area contributed by atoms with E-state index in [1.807, 2.05) is 37.0 Å². The number of pyridine rings is 1. The Kier molecular flexibility index (Phi) is 5.08. The van der Waals surface area contributed by atoms with Crippen molar-refractivity contribution in [2.45, 2.75) is 12.6 Å². The van der Waals surface area contributed by atoms with E-state index >= 15 is 0 Å². The second-order valence-electron chi connectivity index (χ2n) is 4.76. The molecule has 2 aromatic rings. The topological polar surface area (TPSA) is 72.0 Å². The molecule has 1 atom stereocenters. The lowest BCUT2D eigenvalue weighted by Crippen LogP contribution is -2.32. The van der Waals surface area contributed by atoms with Crippen molar-refractivity contribution in [1.82, 2.24) is 25.1 Å². The van der Waals surface area contributed by atoms with Crippen molar-refractivity contribution in [3.05, 3.63) is 47.0 Å². The van der Waals surface area contributed by atoms with Crippen LogP contribution in [0.4, 0.5) is 0 Å². The summed E-state index contributed by atoms with van der Waals surface area (Å²) in [6, 6.07) is 5.40. The minimum atomic E-state index is -0.284. The van der Waals surface area contributed by atoms with Gasteiger partial charge in [0.25, 0.3) is 0 Å². The highest BCUT2D eigenvalue weighted by molar-refractivity contribution is 6.31.